The van der Waals surface area contributed by atoms with E-state index in [1.165, 1.54) is 11.5 Å². The van der Waals surface area contributed by atoms with E-state index in [1.54, 1.807) is 0 Å². The molecule has 0 saturated carbocycles. The molecular weight excluding hydrogens is 182 g/mol. The fraction of sp³-hybridized carbons (Fsp3) is 0.889. The van der Waals surface area contributed by atoms with Gasteiger partial charge in [-0.3, -0.25) is 10.3 Å². The summed E-state index contributed by atoms with van der Waals surface area (Å²) >= 11 is 2.02. The SMILES string of the molecule is CCC(CC(=N)N)N1CCSCC1. The molecule has 0 radical (unpaired) electrons. The van der Waals surface area contributed by atoms with Crippen molar-refractivity contribution in [2.75, 3.05) is 24.6 Å². The number of amidine groups is 1. The second-order valence-electron chi connectivity index (χ2n) is 3.44. The van der Waals surface area contributed by atoms with Crippen molar-refractivity contribution >= 4 is 17.6 Å². The molecule has 76 valence electrons. The van der Waals surface area contributed by atoms with Crippen LogP contribution in [0.15, 0.2) is 0 Å². The van der Waals surface area contributed by atoms with E-state index in [-0.39, 0.29) is 0 Å². The lowest BCUT2D eigenvalue weighted by Crippen LogP contribution is -2.42. The molecule has 0 aromatic heterocycles. The second-order valence-corrected chi connectivity index (χ2v) is 4.66. The fourth-order valence-electron chi connectivity index (χ4n) is 1.73. The molecule has 1 fully saturated rings. The fourth-order valence-corrected chi connectivity index (χ4v) is 2.66. The minimum Gasteiger partial charge on any atom is -0.388 e. The van der Waals surface area contributed by atoms with Crippen molar-refractivity contribution in [2.24, 2.45) is 5.73 Å². The number of rotatable bonds is 4. The third-order valence-electron chi connectivity index (χ3n) is 2.49. The van der Waals surface area contributed by atoms with Crippen LogP contribution in [0.25, 0.3) is 0 Å². The zero-order chi connectivity index (χ0) is 9.68. The van der Waals surface area contributed by atoms with Gasteiger partial charge in [0.05, 0.1) is 5.84 Å². The highest BCUT2D eigenvalue weighted by Gasteiger charge is 2.19. The molecule has 3 N–H and O–H groups in total. The van der Waals surface area contributed by atoms with E-state index in [0.29, 0.717) is 11.9 Å². The number of thioether (sulfide) groups is 1. The van der Waals surface area contributed by atoms with Crippen molar-refractivity contribution in [3.05, 3.63) is 0 Å². The maximum absolute atomic E-state index is 7.29. The lowest BCUT2D eigenvalue weighted by atomic mass is 10.1. The molecular formula is C9H19N3S. The molecule has 1 aliphatic rings. The van der Waals surface area contributed by atoms with Crippen molar-refractivity contribution in [3.63, 3.8) is 0 Å². The van der Waals surface area contributed by atoms with Gasteiger partial charge in [-0.15, -0.1) is 0 Å². The smallest absolute Gasteiger partial charge is 0.0921 e. The molecule has 3 nitrogen and oxygen atoms in total. The predicted molar refractivity (Wildman–Crippen MR) is 59.5 cm³/mol. The van der Waals surface area contributed by atoms with E-state index in [4.69, 9.17) is 11.1 Å². The molecule has 0 amide bonds. The highest BCUT2D eigenvalue weighted by Crippen LogP contribution is 2.15. The summed E-state index contributed by atoms with van der Waals surface area (Å²) in [5.74, 6) is 2.79. The summed E-state index contributed by atoms with van der Waals surface area (Å²) in [6.45, 7) is 4.50. The van der Waals surface area contributed by atoms with Crippen LogP contribution < -0.4 is 5.73 Å². The molecule has 4 heteroatoms. The van der Waals surface area contributed by atoms with Gasteiger partial charge in [-0.2, -0.15) is 11.8 Å². The topological polar surface area (TPSA) is 53.1 Å². The lowest BCUT2D eigenvalue weighted by Gasteiger charge is -2.33. The van der Waals surface area contributed by atoms with Crippen LogP contribution >= 0.6 is 11.8 Å². The van der Waals surface area contributed by atoms with Gasteiger partial charge in [0.1, 0.15) is 0 Å². The van der Waals surface area contributed by atoms with E-state index >= 15 is 0 Å². The first-order valence-corrected chi connectivity index (χ1v) is 6.04. The molecule has 1 aliphatic heterocycles. The van der Waals surface area contributed by atoms with E-state index < -0.39 is 0 Å². The average Bonchev–Trinajstić information content (AvgIpc) is 2.15. The Morgan fingerprint density at radius 3 is 2.62 bits per heavy atom. The number of nitrogens with two attached hydrogens (primary N) is 1. The van der Waals surface area contributed by atoms with Gasteiger partial charge in [0.2, 0.25) is 0 Å². The average molecular weight is 201 g/mol. The van der Waals surface area contributed by atoms with Gasteiger partial charge in [0.15, 0.2) is 0 Å². The van der Waals surface area contributed by atoms with Crippen LogP contribution in [0.2, 0.25) is 0 Å². The molecule has 0 spiro atoms. The normalized spacial score (nSPS) is 21.3. The number of hydrogen-bond acceptors (Lipinski definition) is 3. The summed E-state index contributed by atoms with van der Waals surface area (Å²) in [5, 5.41) is 7.29. The molecule has 13 heavy (non-hydrogen) atoms. The Labute approximate surface area is 84.6 Å². The van der Waals surface area contributed by atoms with Gasteiger partial charge in [0.25, 0.3) is 0 Å². The molecule has 1 unspecified atom stereocenters. The second kappa shape index (κ2) is 5.50. The van der Waals surface area contributed by atoms with E-state index in [1.807, 2.05) is 11.8 Å². The third kappa shape index (κ3) is 3.56. The first-order chi connectivity index (χ1) is 6.24. The minimum absolute atomic E-state index is 0.324. The molecule has 1 atom stereocenters. The molecule has 0 aromatic carbocycles. The third-order valence-corrected chi connectivity index (χ3v) is 3.43. The molecule has 1 heterocycles. The van der Waals surface area contributed by atoms with Crippen LogP contribution in [0.5, 0.6) is 0 Å². The van der Waals surface area contributed by atoms with Gasteiger partial charge < -0.3 is 5.73 Å². The van der Waals surface area contributed by atoms with Crippen LogP contribution in [0.4, 0.5) is 0 Å². The monoisotopic (exact) mass is 201 g/mol. The van der Waals surface area contributed by atoms with Crippen LogP contribution in [-0.4, -0.2) is 41.4 Å². The number of nitrogens with zero attached hydrogens (tertiary/aromatic N) is 1. The summed E-state index contributed by atoms with van der Waals surface area (Å²) < 4.78 is 0. The van der Waals surface area contributed by atoms with Gasteiger partial charge in [0, 0.05) is 37.1 Å². The Morgan fingerprint density at radius 1 is 1.54 bits per heavy atom. The Hall–Kier alpha value is -0.220. The maximum atomic E-state index is 7.29. The summed E-state index contributed by atoms with van der Waals surface area (Å²) in [6.07, 6.45) is 1.84. The van der Waals surface area contributed by atoms with Crippen LogP contribution in [-0.2, 0) is 0 Å². The largest absolute Gasteiger partial charge is 0.388 e. The van der Waals surface area contributed by atoms with Crippen LogP contribution in [0, 0.1) is 5.41 Å². The lowest BCUT2D eigenvalue weighted by molar-refractivity contribution is 0.215. The highest BCUT2D eigenvalue weighted by molar-refractivity contribution is 7.99. The van der Waals surface area contributed by atoms with Crippen LogP contribution in [0.1, 0.15) is 19.8 Å². The van der Waals surface area contributed by atoms with Crippen molar-refractivity contribution in [1.82, 2.24) is 4.90 Å². The quantitative estimate of drug-likeness (QED) is 0.530. The Morgan fingerprint density at radius 2 is 2.15 bits per heavy atom. The minimum atomic E-state index is 0.324. The van der Waals surface area contributed by atoms with Crippen LogP contribution in [0.3, 0.4) is 0 Å². The first-order valence-electron chi connectivity index (χ1n) is 4.88. The standard InChI is InChI=1S/C9H19N3S/c1-2-8(7-9(10)11)12-3-5-13-6-4-12/h8H,2-7H2,1H3,(H3,10,11). The molecule has 0 aliphatic carbocycles. The predicted octanol–water partition coefficient (Wildman–Crippen LogP) is 1.14. The van der Waals surface area contributed by atoms with Crippen molar-refractivity contribution in [1.29, 1.82) is 5.41 Å². The summed E-state index contributed by atoms with van der Waals surface area (Å²) in [4.78, 5) is 2.47. The van der Waals surface area contributed by atoms with E-state index in [9.17, 15) is 0 Å². The van der Waals surface area contributed by atoms with E-state index in [0.717, 1.165) is 25.9 Å². The Balaban J connectivity index is 2.39. The number of hydrogen-bond donors (Lipinski definition) is 2. The zero-order valence-corrected chi connectivity index (χ0v) is 9.07. The highest BCUT2D eigenvalue weighted by atomic mass is 32.2. The van der Waals surface area contributed by atoms with Gasteiger partial charge >= 0.3 is 0 Å². The molecule has 0 bridgehead atoms. The molecule has 1 rings (SSSR count). The van der Waals surface area contributed by atoms with E-state index in [2.05, 4.69) is 11.8 Å². The number of nitrogens with one attached hydrogen (secondary N) is 1. The van der Waals surface area contributed by atoms with Crippen molar-refractivity contribution in [3.8, 4) is 0 Å². The zero-order valence-electron chi connectivity index (χ0n) is 8.25. The van der Waals surface area contributed by atoms with Gasteiger partial charge in [-0.05, 0) is 6.42 Å². The van der Waals surface area contributed by atoms with Gasteiger partial charge in [-0.1, -0.05) is 6.92 Å². The first kappa shape index (κ1) is 10.9. The Bertz CT molecular complexity index is 166. The Kier molecular flexibility index (Phi) is 4.59. The van der Waals surface area contributed by atoms with Gasteiger partial charge in [-0.25, -0.2) is 0 Å². The maximum Gasteiger partial charge on any atom is 0.0921 e. The summed E-state index contributed by atoms with van der Waals surface area (Å²) in [5.41, 5.74) is 5.43. The summed E-state index contributed by atoms with van der Waals surface area (Å²) in [6, 6.07) is 0.499. The molecule has 0 aromatic rings. The van der Waals surface area contributed by atoms with Crippen molar-refractivity contribution < 1.29 is 0 Å². The van der Waals surface area contributed by atoms with Crippen molar-refractivity contribution in [2.45, 2.75) is 25.8 Å². The molecule has 1 saturated heterocycles. The summed E-state index contributed by atoms with van der Waals surface area (Å²) in [7, 11) is 0.